The van der Waals surface area contributed by atoms with Crippen molar-refractivity contribution in [1.82, 2.24) is 10.2 Å². The van der Waals surface area contributed by atoms with Crippen molar-refractivity contribution in [3.8, 4) is 5.75 Å². The van der Waals surface area contributed by atoms with Gasteiger partial charge >= 0.3 is 6.09 Å². The van der Waals surface area contributed by atoms with Gasteiger partial charge in [0.05, 0.1) is 11.8 Å². The fraction of sp³-hybridized carbons (Fsp3) is 0.500. The second-order valence-electron chi connectivity index (χ2n) is 9.79. The van der Waals surface area contributed by atoms with E-state index in [9.17, 15) is 14.4 Å². The van der Waals surface area contributed by atoms with Crippen molar-refractivity contribution in [2.45, 2.75) is 78.7 Å². The lowest BCUT2D eigenvalue weighted by molar-refractivity contribution is 0.0385. The van der Waals surface area contributed by atoms with Gasteiger partial charge in [0.1, 0.15) is 12.2 Å². The van der Waals surface area contributed by atoms with Crippen LogP contribution >= 0.6 is 0 Å². The Labute approximate surface area is 201 Å². The number of amides is 2. The molecule has 0 fully saturated rings. The number of hydrogen-bond acceptors (Lipinski definition) is 6. The van der Waals surface area contributed by atoms with E-state index >= 15 is 0 Å². The predicted molar refractivity (Wildman–Crippen MR) is 130 cm³/mol. The average Bonchev–Trinajstić information content (AvgIpc) is 2.75. The van der Waals surface area contributed by atoms with E-state index in [2.05, 4.69) is 5.32 Å². The molecule has 0 saturated carbocycles. The van der Waals surface area contributed by atoms with E-state index in [-0.39, 0.29) is 30.7 Å². The van der Waals surface area contributed by atoms with Crippen LogP contribution in [0.15, 0.2) is 51.9 Å². The van der Waals surface area contributed by atoms with Crippen LogP contribution in [0.1, 0.15) is 71.0 Å². The molecule has 0 aliphatic heterocycles. The van der Waals surface area contributed by atoms with E-state index in [1.54, 1.807) is 25.7 Å². The van der Waals surface area contributed by atoms with Crippen molar-refractivity contribution < 1.29 is 23.5 Å². The molecule has 0 spiro atoms. The summed E-state index contributed by atoms with van der Waals surface area (Å²) in [6.07, 6.45) is 1.16. The Bertz CT molecular complexity index is 1030. The SMILES string of the molecule is CCC(C)(CN(C(=O)c1occc(=O)c1OCc1ccccc1)C(C)C)NC(=O)OC(C)(C)C. The molecule has 34 heavy (non-hydrogen) atoms. The first-order chi connectivity index (χ1) is 15.8. The molecule has 1 aromatic heterocycles. The first-order valence-corrected chi connectivity index (χ1v) is 11.5. The number of hydrogen-bond donors (Lipinski definition) is 1. The molecule has 0 bridgehead atoms. The van der Waals surface area contributed by atoms with E-state index in [4.69, 9.17) is 13.9 Å². The molecule has 0 radical (unpaired) electrons. The van der Waals surface area contributed by atoms with Gasteiger partial charge in [-0.15, -0.1) is 0 Å². The standard InChI is InChI=1S/C26H36N2O6/c1-8-26(7,27-24(31)34-25(4,5)6)17-28(18(2)3)23(30)22-21(20(29)14-15-32-22)33-16-19-12-10-9-11-13-19/h9-15,18H,8,16-17H2,1-7H3,(H,27,31). The molecule has 2 rings (SSSR count). The summed E-state index contributed by atoms with van der Waals surface area (Å²) in [4.78, 5) is 40.1. The lowest BCUT2D eigenvalue weighted by Gasteiger charge is -2.37. The number of nitrogens with one attached hydrogen (secondary N) is 1. The van der Waals surface area contributed by atoms with Gasteiger partial charge in [0.25, 0.3) is 5.91 Å². The number of alkyl carbamates (subject to hydrolysis) is 1. The van der Waals surface area contributed by atoms with Crippen molar-refractivity contribution in [2.75, 3.05) is 6.54 Å². The van der Waals surface area contributed by atoms with Crippen molar-refractivity contribution in [1.29, 1.82) is 0 Å². The van der Waals surface area contributed by atoms with Crippen molar-refractivity contribution in [3.05, 3.63) is 64.2 Å². The maximum absolute atomic E-state index is 13.5. The van der Waals surface area contributed by atoms with E-state index in [0.29, 0.717) is 6.42 Å². The Hall–Kier alpha value is -3.29. The first-order valence-electron chi connectivity index (χ1n) is 11.5. The van der Waals surface area contributed by atoms with E-state index < -0.39 is 28.6 Å². The zero-order chi connectivity index (χ0) is 25.5. The monoisotopic (exact) mass is 472 g/mol. The molecular weight excluding hydrogens is 436 g/mol. The van der Waals surface area contributed by atoms with Gasteiger partial charge in [0.15, 0.2) is 0 Å². The first kappa shape index (κ1) is 27.0. The second kappa shape index (κ2) is 11.2. The van der Waals surface area contributed by atoms with Crippen molar-refractivity contribution >= 4 is 12.0 Å². The van der Waals surface area contributed by atoms with Crippen LogP contribution in [0.3, 0.4) is 0 Å². The molecule has 1 unspecified atom stereocenters. The van der Waals surface area contributed by atoms with Crippen LogP contribution < -0.4 is 15.5 Å². The summed E-state index contributed by atoms with van der Waals surface area (Å²) >= 11 is 0. The number of carbonyl (C=O) groups excluding carboxylic acids is 2. The van der Waals surface area contributed by atoms with E-state index in [1.807, 2.05) is 58.0 Å². The Balaban J connectivity index is 2.29. The highest BCUT2D eigenvalue weighted by molar-refractivity contribution is 5.94. The summed E-state index contributed by atoms with van der Waals surface area (Å²) < 4.78 is 16.6. The minimum Gasteiger partial charge on any atom is -0.481 e. The summed E-state index contributed by atoms with van der Waals surface area (Å²) in [5, 5.41) is 2.89. The molecule has 1 aromatic carbocycles. The quantitative estimate of drug-likeness (QED) is 0.565. The topological polar surface area (TPSA) is 98.1 Å². The summed E-state index contributed by atoms with van der Waals surface area (Å²) in [6, 6.07) is 10.3. The van der Waals surface area contributed by atoms with Crippen molar-refractivity contribution in [2.24, 2.45) is 0 Å². The third kappa shape index (κ3) is 7.64. The Morgan fingerprint density at radius 3 is 2.29 bits per heavy atom. The van der Waals surface area contributed by atoms with Crippen LogP contribution in [0.25, 0.3) is 0 Å². The third-order valence-electron chi connectivity index (χ3n) is 5.24. The minimum atomic E-state index is -0.775. The second-order valence-corrected chi connectivity index (χ2v) is 9.79. The molecule has 0 saturated heterocycles. The summed E-state index contributed by atoms with van der Waals surface area (Å²) in [7, 11) is 0. The molecule has 2 amide bonds. The number of benzene rings is 1. The van der Waals surface area contributed by atoms with Crippen LogP contribution in [0.4, 0.5) is 4.79 Å². The lowest BCUT2D eigenvalue weighted by Crippen LogP contribution is -2.56. The maximum Gasteiger partial charge on any atom is 0.408 e. The third-order valence-corrected chi connectivity index (χ3v) is 5.24. The van der Waals surface area contributed by atoms with Crippen LogP contribution in [0.5, 0.6) is 5.75 Å². The van der Waals surface area contributed by atoms with Gasteiger partial charge in [-0.3, -0.25) is 9.59 Å². The predicted octanol–water partition coefficient (Wildman–Crippen LogP) is 4.76. The molecule has 1 heterocycles. The molecule has 186 valence electrons. The average molecular weight is 473 g/mol. The van der Waals surface area contributed by atoms with Gasteiger partial charge in [0.2, 0.25) is 16.9 Å². The van der Waals surface area contributed by atoms with Crippen LogP contribution in [-0.4, -0.2) is 40.6 Å². The normalized spacial score (nSPS) is 13.2. The highest BCUT2D eigenvalue weighted by atomic mass is 16.6. The Morgan fingerprint density at radius 1 is 1.09 bits per heavy atom. The molecule has 2 aromatic rings. The molecule has 1 N–H and O–H groups in total. The van der Waals surface area contributed by atoms with E-state index in [1.165, 1.54) is 12.3 Å². The maximum atomic E-state index is 13.5. The number of ether oxygens (including phenoxy) is 2. The molecule has 8 nitrogen and oxygen atoms in total. The summed E-state index contributed by atoms with van der Waals surface area (Å²) in [6.45, 7) is 13.1. The van der Waals surface area contributed by atoms with Gasteiger partial charge in [-0.1, -0.05) is 37.3 Å². The zero-order valence-electron chi connectivity index (χ0n) is 21.1. The Morgan fingerprint density at radius 2 is 1.74 bits per heavy atom. The van der Waals surface area contributed by atoms with Gasteiger partial charge < -0.3 is 24.1 Å². The van der Waals surface area contributed by atoms with Crippen LogP contribution in [0, 0.1) is 0 Å². The fourth-order valence-corrected chi connectivity index (χ4v) is 3.20. The fourth-order valence-electron chi connectivity index (χ4n) is 3.20. The smallest absolute Gasteiger partial charge is 0.408 e. The van der Waals surface area contributed by atoms with Gasteiger partial charge in [-0.05, 0) is 53.5 Å². The van der Waals surface area contributed by atoms with Crippen LogP contribution in [0.2, 0.25) is 0 Å². The molecule has 1 atom stereocenters. The summed E-state index contributed by atoms with van der Waals surface area (Å²) in [5.74, 6) is -0.811. The van der Waals surface area contributed by atoms with Gasteiger partial charge in [-0.25, -0.2) is 4.79 Å². The largest absolute Gasteiger partial charge is 0.481 e. The number of nitrogens with zero attached hydrogens (tertiary/aromatic N) is 1. The number of rotatable bonds is 9. The Kier molecular flexibility index (Phi) is 8.90. The van der Waals surface area contributed by atoms with Gasteiger partial charge in [-0.2, -0.15) is 0 Å². The number of carbonyl (C=O) groups is 2. The molecule has 8 heteroatoms. The van der Waals surface area contributed by atoms with E-state index in [0.717, 1.165) is 5.56 Å². The molecule has 0 aliphatic rings. The molecule has 0 aliphatic carbocycles. The highest BCUT2D eigenvalue weighted by Gasteiger charge is 2.35. The van der Waals surface area contributed by atoms with Crippen LogP contribution in [-0.2, 0) is 11.3 Å². The lowest BCUT2D eigenvalue weighted by atomic mass is 9.97. The van der Waals surface area contributed by atoms with Gasteiger partial charge in [0, 0.05) is 18.7 Å². The van der Waals surface area contributed by atoms with Crippen molar-refractivity contribution in [3.63, 3.8) is 0 Å². The minimum absolute atomic E-state index is 0.116. The zero-order valence-corrected chi connectivity index (χ0v) is 21.1. The summed E-state index contributed by atoms with van der Waals surface area (Å²) in [5.41, 5.74) is -1.02. The highest BCUT2D eigenvalue weighted by Crippen LogP contribution is 2.22. The molecular formula is C26H36N2O6.